The number of benzene rings is 1. The van der Waals surface area contributed by atoms with E-state index in [1.165, 1.54) is 44.6 Å². The van der Waals surface area contributed by atoms with Crippen molar-refractivity contribution in [1.82, 2.24) is 9.29 Å². The van der Waals surface area contributed by atoms with Crippen molar-refractivity contribution in [1.29, 1.82) is 0 Å². The normalized spacial score (nSPS) is 12.5. The van der Waals surface area contributed by atoms with Gasteiger partial charge in [-0.05, 0) is 29.8 Å². The molecule has 6 nitrogen and oxygen atoms in total. The van der Waals surface area contributed by atoms with Crippen molar-refractivity contribution in [3.63, 3.8) is 0 Å². The van der Waals surface area contributed by atoms with E-state index in [2.05, 4.69) is 4.98 Å². The maximum atomic E-state index is 12.3. The van der Waals surface area contributed by atoms with Crippen molar-refractivity contribution in [3.05, 3.63) is 54.2 Å². The Kier molecular flexibility index (Phi) is 4.64. The summed E-state index contributed by atoms with van der Waals surface area (Å²) in [6, 6.07) is 10.5. The molecule has 1 aromatic carbocycles. The summed E-state index contributed by atoms with van der Waals surface area (Å²) in [4.78, 5) is 3.89. The number of nitrogens with zero attached hydrogens (tertiary/aromatic N) is 2. The van der Waals surface area contributed by atoms with Gasteiger partial charge in [0.2, 0.25) is 10.0 Å². The molecule has 22 heavy (non-hydrogen) atoms. The largest absolute Gasteiger partial charge is 0.245 e. The van der Waals surface area contributed by atoms with Gasteiger partial charge in [-0.2, -0.15) is 0 Å². The predicted molar refractivity (Wildman–Crippen MR) is 82.4 cm³/mol. The fourth-order valence-electron chi connectivity index (χ4n) is 1.83. The highest BCUT2D eigenvalue weighted by atomic mass is 32.2. The third-order valence-corrected chi connectivity index (χ3v) is 6.39. The van der Waals surface area contributed by atoms with Gasteiger partial charge in [0.05, 0.1) is 10.6 Å². The standard InChI is InChI=1S/C14H16N2O4S2/c1-16(2)22(19,20)13-7-5-6-12(10-13)11-21(17,18)14-8-3-4-9-15-14/h3-10H,11H2,1-2H3. The second kappa shape index (κ2) is 6.15. The van der Waals surface area contributed by atoms with Crippen LogP contribution in [0, 0.1) is 0 Å². The Hall–Kier alpha value is -1.77. The first-order chi connectivity index (χ1) is 10.2. The Bertz CT molecular complexity index is 861. The second-order valence-corrected chi connectivity index (χ2v) is 8.95. The molecule has 0 aliphatic rings. The third kappa shape index (κ3) is 3.52. The molecular formula is C14H16N2O4S2. The first-order valence-corrected chi connectivity index (χ1v) is 9.48. The van der Waals surface area contributed by atoms with Crippen LogP contribution in [0.5, 0.6) is 0 Å². The van der Waals surface area contributed by atoms with Gasteiger partial charge in [0.25, 0.3) is 0 Å². The van der Waals surface area contributed by atoms with Gasteiger partial charge in [0.15, 0.2) is 14.9 Å². The zero-order chi connectivity index (χ0) is 16.4. The van der Waals surface area contributed by atoms with E-state index in [0.29, 0.717) is 5.56 Å². The molecule has 0 atom stereocenters. The number of pyridine rings is 1. The quantitative estimate of drug-likeness (QED) is 0.819. The first-order valence-electron chi connectivity index (χ1n) is 6.39. The van der Waals surface area contributed by atoms with E-state index >= 15 is 0 Å². The number of hydrogen-bond acceptors (Lipinski definition) is 5. The van der Waals surface area contributed by atoms with Crippen molar-refractivity contribution in [2.24, 2.45) is 0 Å². The van der Waals surface area contributed by atoms with E-state index in [1.807, 2.05) is 0 Å². The molecule has 0 saturated carbocycles. The van der Waals surface area contributed by atoms with Crippen LogP contribution in [0.15, 0.2) is 58.6 Å². The van der Waals surface area contributed by atoms with Gasteiger partial charge < -0.3 is 0 Å². The summed E-state index contributed by atoms with van der Waals surface area (Å²) in [5.41, 5.74) is 0.397. The van der Waals surface area contributed by atoms with E-state index in [-0.39, 0.29) is 15.7 Å². The van der Waals surface area contributed by atoms with E-state index in [4.69, 9.17) is 0 Å². The lowest BCUT2D eigenvalue weighted by Crippen LogP contribution is -2.22. The maximum absolute atomic E-state index is 12.3. The lowest BCUT2D eigenvalue weighted by molar-refractivity contribution is 0.520. The lowest BCUT2D eigenvalue weighted by atomic mass is 10.2. The Morgan fingerprint density at radius 2 is 1.73 bits per heavy atom. The summed E-state index contributed by atoms with van der Waals surface area (Å²) < 4.78 is 49.8. The van der Waals surface area contributed by atoms with Gasteiger partial charge in [-0.15, -0.1) is 0 Å². The minimum Gasteiger partial charge on any atom is -0.245 e. The number of hydrogen-bond donors (Lipinski definition) is 0. The van der Waals surface area contributed by atoms with E-state index < -0.39 is 19.9 Å². The first kappa shape index (κ1) is 16.6. The van der Waals surface area contributed by atoms with Crippen molar-refractivity contribution < 1.29 is 16.8 Å². The fraction of sp³-hybridized carbons (Fsp3) is 0.214. The van der Waals surface area contributed by atoms with Crippen LogP contribution < -0.4 is 0 Å². The Morgan fingerprint density at radius 1 is 1.00 bits per heavy atom. The van der Waals surface area contributed by atoms with E-state index in [0.717, 1.165) is 4.31 Å². The molecule has 0 fully saturated rings. The molecule has 2 rings (SSSR count). The molecule has 0 aliphatic carbocycles. The van der Waals surface area contributed by atoms with Crippen LogP contribution in [0.25, 0.3) is 0 Å². The fourth-order valence-corrected chi connectivity index (χ4v) is 4.08. The van der Waals surface area contributed by atoms with Crippen LogP contribution in [0.3, 0.4) is 0 Å². The summed E-state index contributed by atoms with van der Waals surface area (Å²) in [5, 5.41) is -0.0316. The third-order valence-electron chi connectivity index (χ3n) is 2.99. The van der Waals surface area contributed by atoms with Crippen LogP contribution >= 0.6 is 0 Å². The van der Waals surface area contributed by atoms with Gasteiger partial charge in [0.1, 0.15) is 0 Å². The zero-order valence-electron chi connectivity index (χ0n) is 12.2. The number of rotatable bonds is 5. The molecule has 1 heterocycles. The molecule has 0 bridgehead atoms. The molecule has 2 aromatic rings. The monoisotopic (exact) mass is 340 g/mol. The molecule has 0 spiro atoms. The maximum Gasteiger partial charge on any atom is 0.242 e. The van der Waals surface area contributed by atoms with Crippen molar-refractivity contribution in [3.8, 4) is 0 Å². The zero-order valence-corrected chi connectivity index (χ0v) is 13.8. The molecule has 0 amide bonds. The summed E-state index contributed by atoms with van der Waals surface area (Å²) in [7, 11) is -4.37. The summed E-state index contributed by atoms with van der Waals surface area (Å²) in [6.45, 7) is 0. The molecule has 8 heteroatoms. The molecular weight excluding hydrogens is 324 g/mol. The smallest absolute Gasteiger partial charge is 0.242 e. The topological polar surface area (TPSA) is 84.4 Å². The Balaban J connectivity index is 2.36. The van der Waals surface area contributed by atoms with Gasteiger partial charge in [-0.25, -0.2) is 26.1 Å². The van der Waals surface area contributed by atoms with Gasteiger partial charge in [-0.1, -0.05) is 18.2 Å². The van der Waals surface area contributed by atoms with E-state index in [1.54, 1.807) is 18.2 Å². The average molecular weight is 340 g/mol. The van der Waals surface area contributed by atoms with Gasteiger partial charge >= 0.3 is 0 Å². The Labute approximate surface area is 130 Å². The van der Waals surface area contributed by atoms with Crippen molar-refractivity contribution >= 4 is 19.9 Å². The highest BCUT2D eigenvalue weighted by Gasteiger charge is 2.20. The average Bonchev–Trinajstić information content (AvgIpc) is 2.48. The summed E-state index contributed by atoms with van der Waals surface area (Å²) in [6.07, 6.45) is 1.40. The van der Waals surface area contributed by atoms with Crippen molar-refractivity contribution in [2.75, 3.05) is 14.1 Å². The number of sulfone groups is 1. The lowest BCUT2D eigenvalue weighted by Gasteiger charge is -2.12. The Morgan fingerprint density at radius 3 is 2.32 bits per heavy atom. The van der Waals surface area contributed by atoms with Gasteiger partial charge in [-0.3, -0.25) is 0 Å². The molecule has 0 unspecified atom stereocenters. The minimum absolute atomic E-state index is 0.0316. The van der Waals surface area contributed by atoms with Gasteiger partial charge in [0, 0.05) is 20.3 Å². The second-order valence-electron chi connectivity index (χ2n) is 4.86. The van der Waals surface area contributed by atoms with Crippen molar-refractivity contribution in [2.45, 2.75) is 15.7 Å². The molecule has 0 radical (unpaired) electrons. The van der Waals surface area contributed by atoms with Crippen LogP contribution in [-0.4, -0.2) is 40.2 Å². The molecule has 0 saturated heterocycles. The van der Waals surface area contributed by atoms with Crippen LogP contribution in [0.1, 0.15) is 5.56 Å². The molecule has 118 valence electrons. The SMILES string of the molecule is CN(C)S(=O)(=O)c1cccc(CS(=O)(=O)c2ccccn2)c1. The minimum atomic E-state index is -3.62. The summed E-state index contributed by atoms with van der Waals surface area (Å²) in [5.74, 6) is -0.305. The molecule has 0 N–H and O–H groups in total. The van der Waals surface area contributed by atoms with Crippen LogP contribution in [0.4, 0.5) is 0 Å². The van der Waals surface area contributed by atoms with Crippen LogP contribution in [0.2, 0.25) is 0 Å². The predicted octanol–water partition coefficient (Wildman–Crippen LogP) is 1.31. The summed E-state index contributed by atoms with van der Waals surface area (Å²) >= 11 is 0. The molecule has 0 aliphatic heterocycles. The number of aromatic nitrogens is 1. The van der Waals surface area contributed by atoms with E-state index in [9.17, 15) is 16.8 Å². The highest BCUT2D eigenvalue weighted by Crippen LogP contribution is 2.19. The number of sulfonamides is 1. The highest BCUT2D eigenvalue weighted by molar-refractivity contribution is 7.90. The molecule has 1 aromatic heterocycles. The van der Waals surface area contributed by atoms with Crippen LogP contribution in [-0.2, 0) is 25.6 Å².